The van der Waals surface area contributed by atoms with Crippen molar-refractivity contribution in [2.45, 2.75) is 40.3 Å². The van der Waals surface area contributed by atoms with Crippen LogP contribution in [0.25, 0.3) is 0 Å². The van der Waals surface area contributed by atoms with E-state index in [9.17, 15) is 13.2 Å². The van der Waals surface area contributed by atoms with Gasteiger partial charge in [-0.25, -0.2) is 4.98 Å². The minimum absolute atomic E-state index is 0.0976. The van der Waals surface area contributed by atoms with Crippen molar-refractivity contribution in [3.63, 3.8) is 0 Å². The SMILES string of the molecule is CC1=CN(Nc2ccc(C(F)(F)F)c(CC(C)C)n2)CC1C. The van der Waals surface area contributed by atoms with E-state index in [0.29, 0.717) is 18.2 Å². The summed E-state index contributed by atoms with van der Waals surface area (Å²) in [6, 6.07) is 2.50. The maximum atomic E-state index is 13.1. The lowest BCUT2D eigenvalue weighted by molar-refractivity contribution is -0.138. The number of pyridine rings is 1. The van der Waals surface area contributed by atoms with Crippen molar-refractivity contribution in [3.05, 3.63) is 35.2 Å². The molecule has 0 radical (unpaired) electrons. The van der Waals surface area contributed by atoms with E-state index in [1.165, 1.54) is 11.6 Å². The summed E-state index contributed by atoms with van der Waals surface area (Å²) < 4.78 is 39.2. The fraction of sp³-hybridized carbons (Fsp3) is 0.562. The average molecular weight is 313 g/mol. The van der Waals surface area contributed by atoms with Gasteiger partial charge in [0.2, 0.25) is 0 Å². The molecule has 1 atom stereocenters. The fourth-order valence-electron chi connectivity index (χ4n) is 2.45. The summed E-state index contributed by atoms with van der Waals surface area (Å²) in [5.74, 6) is 0.983. The first kappa shape index (κ1) is 16.6. The first-order valence-corrected chi connectivity index (χ1v) is 7.45. The maximum Gasteiger partial charge on any atom is 0.418 e. The number of hydrogen-bond acceptors (Lipinski definition) is 3. The van der Waals surface area contributed by atoms with Gasteiger partial charge >= 0.3 is 6.18 Å². The van der Waals surface area contributed by atoms with Crippen LogP contribution < -0.4 is 5.43 Å². The molecule has 6 heteroatoms. The molecule has 1 aliphatic heterocycles. The van der Waals surface area contributed by atoms with Crippen LogP contribution in [-0.4, -0.2) is 16.5 Å². The predicted molar refractivity (Wildman–Crippen MR) is 81.0 cm³/mol. The number of nitrogens with one attached hydrogen (secondary N) is 1. The zero-order valence-electron chi connectivity index (χ0n) is 13.3. The molecule has 0 aromatic carbocycles. The molecule has 2 rings (SSSR count). The monoisotopic (exact) mass is 313 g/mol. The highest BCUT2D eigenvalue weighted by molar-refractivity contribution is 5.40. The zero-order chi connectivity index (χ0) is 16.5. The molecule has 122 valence electrons. The van der Waals surface area contributed by atoms with Gasteiger partial charge in [-0.2, -0.15) is 13.2 Å². The summed E-state index contributed by atoms with van der Waals surface area (Å²) in [6.07, 6.45) is -2.10. The lowest BCUT2D eigenvalue weighted by Crippen LogP contribution is -2.25. The van der Waals surface area contributed by atoms with Crippen LogP contribution in [0.1, 0.15) is 39.0 Å². The Morgan fingerprint density at radius 2 is 2.05 bits per heavy atom. The first-order valence-electron chi connectivity index (χ1n) is 7.45. The van der Waals surface area contributed by atoms with Gasteiger partial charge < -0.3 is 0 Å². The van der Waals surface area contributed by atoms with E-state index in [-0.39, 0.29) is 11.6 Å². The molecule has 0 saturated heterocycles. The molecule has 0 amide bonds. The summed E-state index contributed by atoms with van der Waals surface area (Å²) in [4.78, 5) is 4.19. The van der Waals surface area contributed by atoms with Crippen molar-refractivity contribution in [3.8, 4) is 0 Å². The predicted octanol–water partition coefficient (Wildman–Crippen LogP) is 4.48. The largest absolute Gasteiger partial charge is 0.418 e. The van der Waals surface area contributed by atoms with E-state index < -0.39 is 11.7 Å². The lowest BCUT2D eigenvalue weighted by Gasteiger charge is -2.20. The third-order valence-electron chi connectivity index (χ3n) is 3.75. The number of rotatable bonds is 4. The molecular weight excluding hydrogens is 291 g/mol. The number of anilines is 1. The van der Waals surface area contributed by atoms with Gasteiger partial charge in [-0.3, -0.25) is 10.4 Å². The first-order chi connectivity index (χ1) is 10.2. The number of halogens is 3. The van der Waals surface area contributed by atoms with Crippen LogP contribution in [0.3, 0.4) is 0 Å². The van der Waals surface area contributed by atoms with Crippen molar-refractivity contribution < 1.29 is 13.2 Å². The molecule has 2 heterocycles. The Hall–Kier alpha value is -1.72. The summed E-state index contributed by atoms with van der Waals surface area (Å²) in [5, 5.41) is 1.87. The number of alkyl halides is 3. The molecule has 1 N–H and O–H groups in total. The fourth-order valence-corrected chi connectivity index (χ4v) is 2.45. The molecular formula is C16H22F3N3. The van der Waals surface area contributed by atoms with Crippen LogP contribution in [0, 0.1) is 11.8 Å². The topological polar surface area (TPSA) is 28.2 Å². The molecule has 1 aliphatic rings. The van der Waals surface area contributed by atoms with Crippen LogP contribution >= 0.6 is 0 Å². The number of aromatic nitrogens is 1. The van der Waals surface area contributed by atoms with Gasteiger partial charge in [-0.05, 0) is 37.3 Å². The highest BCUT2D eigenvalue weighted by Crippen LogP contribution is 2.33. The van der Waals surface area contributed by atoms with Crippen LogP contribution in [0.15, 0.2) is 23.9 Å². The third kappa shape index (κ3) is 3.93. The third-order valence-corrected chi connectivity index (χ3v) is 3.75. The Kier molecular flexibility index (Phi) is 4.68. The molecule has 1 unspecified atom stereocenters. The highest BCUT2D eigenvalue weighted by atomic mass is 19.4. The second-order valence-electron chi connectivity index (χ2n) is 6.32. The van der Waals surface area contributed by atoms with E-state index in [4.69, 9.17) is 0 Å². The highest BCUT2D eigenvalue weighted by Gasteiger charge is 2.34. The van der Waals surface area contributed by atoms with E-state index in [2.05, 4.69) is 17.3 Å². The van der Waals surface area contributed by atoms with Crippen LogP contribution in [0.4, 0.5) is 19.0 Å². The second kappa shape index (κ2) is 6.18. The van der Waals surface area contributed by atoms with Gasteiger partial charge in [0, 0.05) is 12.7 Å². The lowest BCUT2D eigenvalue weighted by atomic mass is 10.0. The molecule has 0 bridgehead atoms. The summed E-state index contributed by atoms with van der Waals surface area (Å²) in [5.41, 5.74) is 3.76. The van der Waals surface area contributed by atoms with Crippen molar-refractivity contribution in [1.29, 1.82) is 0 Å². The van der Waals surface area contributed by atoms with Gasteiger partial charge in [0.25, 0.3) is 0 Å². The second-order valence-corrected chi connectivity index (χ2v) is 6.32. The molecule has 0 saturated carbocycles. The van der Waals surface area contributed by atoms with Gasteiger partial charge in [-0.1, -0.05) is 26.3 Å². The van der Waals surface area contributed by atoms with Crippen molar-refractivity contribution in [2.24, 2.45) is 11.8 Å². The summed E-state index contributed by atoms with van der Waals surface area (Å²) in [6.45, 7) is 8.70. The van der Waals surface area contributed by atoms with Gasteiger partial charge in [0.15, 0.2) is 0 Å². The Balaban J connectivity index is 2.23. The number of hydrazine groups is 1. The Morgan fingerprint density at radius 3 is 2.55 bits per heavy atom. The summed E-state index contributed by atoms with van der Waals surface area (Å²) >= 11 is 0. The van der Waals surface area contributed by atoms with E-state index >= 15 is 0 Å². The standard InChI is InChI=1S/C16H22F3N3/c1-10(2)7-14-13(16(17,18)19)5-6-15(20-14)21-22-8-11(3)12(4)9-22/h5-6,8,10,12H,7,9H2,1-4H3,(H,20,21). The van der Waals surface area contributed by atoms with Crippen LogP contribution in [-0.2, 0) is 12.6 Å². The van der Waals surface area contributed by atoms with Crippen molar-refractivity contribution in [2.75, 3.05) is 12.0 Å². The van der Waals surface area contributed by atoms with Gasteiger partial charge in [-0.15, -0.1) is 0 Å². The zero-order valence-corrected chi connectivity index (χ0v) is 13.3. The maximum absolute atomic E-state index is 13.1. The van der Waals surface area contributed by atoms with Crippen LogP contribution in [0.2, 0.25) is 0 Å². The molecule has 0 spiro atoms. The molecule has 0 fully saturated rings. The average Bonchev–Trinajstić information content (AvgIpc) is 2.66. The molecule has 1 aromatic heterocycles. The van der Waals surface area contributed by atoms with Gasteiger partial charge in [0.1, 0.15) is 5.82 Å². The molecule has 1 aromatic rings. The Bertz CT molecular complexity index is 564. The van der Waals surface area contributed by atoms with E-state index in [0.717, 1.165) is 12.6 Å². The normalized spacial score (nSPS) is 18.8. The molecule has 3 nitrogen and oxygen atoms in total. The minimum atomic E-state index is -4.37. The molecule has 22 heavy (non-hydrogen) atoms. The minimum Gasteiger partial charge on any atom is -0.293 e. The van der Waals surface area contributed by atoms with Crippen molar-refractivity contribution >= 4 is 5.82 Å². The van der Waals surface area contributed by atoms with Gasteiger partial charge in [0.05, 0.1) is 11.3 Å². The van der Waals surface area contributed by atoms with E-state index in [1.807, 2.05) is 32.0 Å². The Morgan fingerprint density at radius 1 is 1.36 bits per heavy atom. The van der Waals surface area contributed by atoms with Crippen molar-refractivity contribution in [1.82, 2.24) is 9.99 Å². The van der Waals surface area contributed by atoms with Crippen LogP contribution in [0.5, 0.6) is 0 Å². The number of hydrogen-bond donors (Lipinski definition) is 1. The number of nitrogens with zero attached hydrogens (tertiary/aromatic N) is 2. The quantitative estimate of drug-likeness (QED) is 0.888. The molecule has 0 aliphatic carbocycles. The smallest absolute Gasteiger partial charge is 0.293 e. The summed E-state index contributed by atoms with van der Waals surface area (Å²) in [7, 11) is 0. The Labute approximate surface area is 129 Å². The van der Waals surface area contributed by atoms with E-state index in [1.54, 1.807) is 0 Å².